The maximum atomic E-state index is 12.2. The highest BCUT2D eigenvalue weighted by molar-refractivity contribution is 5.91. The van der Waals surface area contributed by atoms with E-state index in [9.17, 15) is 4.79 Å². The second kappa shape index (κ2) is 7.27. The third-order valence-corrected chi connectivity index (χ3v) is 4.14. The zero-order valence-electron chi connectivity index (χ0n) is 14.6. The minimum absolute atomic E-state index is 0.0128. The van der Waals surface area contributed by atoms with Gasteiger partial charge in [-0.1, -0.05) is 38.1 Å². The second-order valence-corrected chi connectivity index (χ2v) is 6.23. The van der Waals surface area contributed by atoms with Crippen molar-refractivity contribution in [2.75, 3.05) is 7.05 Å². The maximum Gasteiger partial charge on any atom is 0.246 e. The molecule has 0 spiro atoms. The number of nitrogens with zero attached hydrogens (tertiary/aromatic N) is 3. The van der Waals surface area contributed by atoms with E-state index < -0.39 is 0 Å². The molecule has 0 atom stereocenters. The van der Waals surface area contributed by atoms with Gasteiger partial charge in [0.05, 0.1) is 6.20 Å². The Balaban J connectivity index is 1.98. The molecule has 0 N–H and O–H groups in total. The summed E-state index contributed by atoms with van der Waals surface area (Å²) in [7, 11) is 3.71. The van der Waals surface area contributed by atoms with E-state index in [-0.39, 0.29) is 5.91 Å². The van der Waals surface area contributed by atoms with Crippen LogP contribution in [0, 0.1) is 6.92 Å². The third kappa shape index (κ3) is 4.31. The summed E-state index contributed by atoms with van der Waals surface area (Å²) in [5.41, 5.74) is 4.49. The van der Waals surface area contributed by atoms with Gasteiger partial charge in [-0.15, -0.1) is 0 Å². The molecule has 2 aromatic rings. The average molecular weight is 311 g/mol. The molecular formula is C19H25N3O. The molecule has 23 heavy (non-hydrogen) atoms. The van der Waals surface area contributed by atoms with Crippen molar-refractivity contribution in [3.05, 3.63) is 58.9 Å². The molecule has 122 valence electrons. The van der Waals surface area contributed by atoms with Gasteiger partial charge < -0.3 is 4.90 Å². The molecule has 0 aliphatic heterocycles. The first-order valence-corrected chi connectivity index (χ1v) is 7.89. The van der Waals surface area contributed by atoms with Crippen molar-refractivity contribution in [2.24, 2.45) is 7.05 Å². The van der Waals surface area contributed by atoms with Crippen LogP contribution in [0.3, 0.4) is 0 Å². The predicted molar refractivity (Wildman–Crippen MR) is 94.0 cm³/mol. The van der Waals surface area contributed by atoms with Crippen molar-refractivity contribution in [2.45, 2.75) is 33.2 Å². The lowest BCUT2D eigenvalue weighted by Crippen LogP contribution is -2.24. The van der Waals surface area contributed by atoms with Gasteiger partial charge in [-0.05, 0) is 30.0 Å². The van der Waals surface area contributed by atoms with Gasteiger partial charge in [-0.25, -0.2) is 0 Å². The van der Waals surface area contributed by atoms with Crippen molar-refractivity contribution in [1.29, 1.82) is 0 Å². The summed E-state index contributed by atoms with van der Waals surface area (Å²) in [6, 6.07) is 8.31. The first-order valence-electron chi connectivity index (χ1n) is 7.89. The van der Waals surface area contributed by atoms with Crippen LogP contribution in [0.4, 0.5) is 0 Å². The fraction of sp³-hybridized carbons (Fsp3) is 0.368. The van der Waals surface area contributed by atoms with E-state index in [1.54, 1.807) is 18.0 Å². The fourth-order valence-corrected chi connectivity index (χ4v) is 2.32. The summed E-state index contributed by atoms with van der Waals surface area (Å²) in [4.78, 5) is 13.9. The molecule has 4 heteroatoms. The van der Waals surface area contributed by atoms with Crippen molar-refractivity contribution in [3.63, 3.8) is 0 Å². The summed E-state index contributed by atoms with van der Waals surface area (Å²) < 4.78 is 1.82. The lowest BCUT2D eigenvalue weighted by Gasteiger charge is -2.14. The highest BCUT2D eigenvalue weighted by Gasteiger charge is 2.10. The van der Waals surface area contributed by atoms with Crippen LogP contribution in [0.2, 0.25) is 0 Å². The Morgan fingerprint density at radius 3 is 2.48 bits per heavy atom. The minimum atomic E-state index is -0.0128. The Labute approximate surface area is 138 Å². The molecule has 0 saturated carbocycles. The number of carbonyl (C=O) groups excluding carboxylic acids is 1. The van der Waals surface area contributed by atoms with Gasteiger partial charge in [0.25, 0.3) is 0 Å². The molecule has 0 aliphatic carbocycles. The van der Waals surface area contributed by atoms with Crippen molar-refractivity contribution in [3.8, 4) is 0 Å². The molecule has 0 aliphatic rings. The van der Waals surface area contributed by atoms with Gasteiger partial charge >= 0.3 is 0 Å². The normalized spacial score (nSPS) is 11.4. The first kappa shape index (κ1) is 17.0. The van der Waals surface area contributed by atoms with Gasteiger partial charge in [-0.3, -0.25) is 9.48 Å². The standard InChI is InChI=1S/C19H25N3O/c1-14(2)17-9-6-16(7-10-17)8-11-19(23)21(4)13-18-12-20-22(5)15(18)3/h6-12,14H,13H2,1-5H3/b11-8+. The second-order valence-electron chi connectivity index (χ2n) is 6.23. The van der Waals surface area contributed by atoms with Gasteiger partial charge in [0.15, 0.2) is 0 Å². The Bertz CT molecular complexity index is 696. The number of carbonyl (C=O) groups is 1. The van der Waals surface area contributed by atoms with Gasteiger partial charge in [0.2, 0.25) is 5.91 Å². The Morgan fingerprint density at radius 2 is 1.96 bits per heavy atom. The number of amides is 1. The van der Waals surface area contributed by atoms with Gasteiger partial charge in [-0.2, -0.15) is 5.10 Å². The number of likely N-dealkylation sites (N-methyl/N-ethyl adjacent to an activating group) is 1. The summed E-state index contributed by atoms with van der Waals surface area (Å²) >= 11 is 0. The summed E-state index contributed by atoms with van der Waals surface area (Å²) in [6.45, 7) is 6.91. The summed E-state index contributed by atoms with van der Waals surface area (Å²) in [5.74, 6) is 0.504. The number of aryl methyl sites for hydroxylation is 1. The van der Waals surface area contributed by atoms with E-state index >= 15 is 0 Å². The van der Waals surface area contributed by atoms with Crippen LogP contribution < -0.4 is 0 Å². The highest BCUT2D eigenvalue weighted by Crippen LogP contribution is 2.15. The zero-order chi connectivity index (χ0) is 17.0. The quantitative estimate of drug-likeness (QED) is 0.792. The fourth-order valence-electron chi connectivity index (χ4n) is 2.32. The molecule has 1 aromatic heterocycles. The molecule has 0 fully saturated rings. The van der Waals surface area contributed by atoms with Crippen LogP contribution in [0.5, 0.6) is 0 Å². The van der Waals surface area contributed by atoms with Crippen LogP contribution in [-0.2, 0) is 18.4 Å². The van der Waals surface area contributed by atoms with Gasteiger partial charge in [0, 0.05) is 38.0 Å². The topological polar surface area (TPSA) is 38.1 Å². The SMILES string of the molecule is Cc1c(CN(C)C(=O)/C=C/c2ccc(C(C)C)cc2)cnn1C. The maximum absolute atomic E-state index is 12.2. The molecular weight excluding hydrogens is 286 g/mol. The molecule has 4 nitrogen and oxygen atoms in total. The average Bonchev–Trinajstić information content (AvgIpc) is 2.85. The molecule has 2 rings (SSSR count). The summed E-state index contributed by atoms with van der Waals surface area (Å²) in [6.07, 6.45) is 5.29. The molecule has 0 bridgehead atoms. The zero-order valence-corrected chi connectivity index (χ0v) is 14.6. The van der Waals surface area contributed by atoms with E-state index in [0.717, 1.165) is 16.8 Å². The predicted octanol–water partition coefficient (Wildman–Crippen LogP) is 3.52. The van der Waals surface area contributed by atoms with E-state index in [1.807, 2.05) is 43.1 Å². The Morgan fingerprint density at radius 1 is 1.30 bits per heavy atom. The largest absolute Gasteiger partial charge is 0.338 e. The Kier molecular flexibility index (Phi) is 5.37. The number of hydrogen-bond acceptors (Lipinski definition) is 2. The number of hydrogen-bond donors (Lipinski definition) is 0. The van der Waals surface area contributed by atoms with Crippen LogP contribution in [-0.4, -0.2) is 27.6 Å². The van der Waals surface area contributed by atoms with E-state index in [2.05, 4.69) is 31.1 Å². The van der Waals surface area contributed by atoms with Crippen molar-refractivity contribution in [1.82, 2.24) is 14.7 Å². The first-order chi connectivity index (χ1) is 10.9. The van der Waals surface area contributed by atoms with Crippen molar-refractivity contribution >= 4 is 12.0 Å². The Hall–Kier alpha value is -2.36. The third-order valence-electron chi connectivity index (χ3n) is 4.14. The van der Waals surface area contributed by atoms with E-state index in [1.165, 1.54) is 5.56 Å². The van der Waals surface area contributed by atoms with Crippen LogP contribution >= 0.6 is 0 Å². The lowest BCUT2D eigenvalue weighted by atomic mass is 10.0. The number of aromatic nitrogens is 2. The molecule has 1 amide bonds. The molecule has 1 aromatic carbocycles. The van der Waals surface area contributed by atoms with E-state index in [0.29, 0.717) is 12.5 Å². The minimum Gasteiger partial charge on any atom is -0.338 e. The van der Waals surface area contributed by atoms with Crippen LogP contribution in [0.25, 0.3) is 6.08 Å². The summed E-state index contributed by atoms with van der Waals surface area (Å²) in [5, 5.41) is 4.21. The molecule has 1 heterocycles. The molecule has 0 radical (unpaired) electrons. The van der Waals surface area contributed by atoms with Crippen LogP contribution in [0.1, 0.15) is 42.1 Å². The van der Waals surface area contributed by atoms with Crippen LogP contribution in [0.15, 0.2) is 36.5 Å². The number of benzene rings is 1. The molecule has 0 unspecified atom stereocenters. The monoisotopic (exact) mass is 311 g/mol. The van der Waals surface area contributed by atoms with E-state index in [4.69, 9.17) is 0 Å². The number of rotatable bonds is 5. The van der Waals surface area contributed by atoms with Gasteiger partial charge in [0.1, 0.15) is 0 Å². The molecule has 0 saturated heterocycles. The van der Waals surface area contributed by atoms with Crippen molar-refractivity contribution < 1.29 is 4.79 Å². The lowest BCUT2D eigenvalue weighted by molar-refractivity contribution is -0.125. The smallest absolute Gasteiger partial charge is 0.246 e. The highest BCUT2D eigenvalue weighted by atomic mass is 16.2.